The van der Waals surface area contributed by atoms with Gasteiger partial charge in [-0.05, 0) is 29.7 Å². The highest BCUT2D eigenvalue weighted by atomic mass is 16.1. The van der Waals surface area contributed by atoms with Crippen LogP contribution in [0.5, 0.6) is 0 Å². The maximum Gasteiger partial charge on any atom is 0.225 e. The molecule has 0 aliphatic heterocycles. The first-order valence-electron chi connectivity index (χ1n) is 9.38. The summed E-state index contributed by atoms with van der Waals surface area (Å²) in [5, 5.41) is 2.86. The van der Waals surface area contributed by atoms with Crippen molar-refractivity contribution in [3.8, 4) is 0 Å². The van der Waals surface area contributed by atoms with Crippen molar-refractivity contribution in [2.75, 3.05) is 5.32 Å². The number of nitrogens with one attached hydrogen (secondary N) is 1. The van der Waals surface area contributed by atoms with Gasteiger partial charge in [0.15, 0.2) is 5.82 Å². The van der Waals surface area contributed by atoms with E-state index in [1.807, 2.05) is 91.9 Å². The quantitative estimate of drug-likeness (QED) is 0.593. The van der Waals surface area contributed by atoms with Crippen molar-refractivity contribution >= 4 is 36.0 Å². The number of carbonyl (C=O) groups excluding carboxylic acids is 1. The van der Waals surface area contributed by atoms with Crippen molar-refractivity contribution in [3.05, 3.63) is 89.4 Å². The number of anilines is 1. The van der Waals surface area contributed by atoms with Gasteiger partial charge in [0.2, 0.25) is 5.91 Å². The second kappa shape index (κ2) is 9.97. The Labute approximate surface area is 165 Å². The minimum atomic E-state index is -0.0443. The maximum atomic E-state index is 12.0. The highest BCUT2D eigenvalue weighted by Gasteiger charge is 2.05. The minimum absolute atomic E-state index is 0.0443. The fourth-order valence-electron chi connectivity index (χ4n) is 2.62. The van der Waals surface area contributed by atoms with Crippen molar-refractivity contribution < 1.29 is 4.79 Å². The smallest absolute Gasteiger partial charge is 0.225 e. The summed E-state index contributed by atoms with van der Waals surface area (Å²) in [4.78, 5) is 21.0. The minimum Gasteiger partial charge on any atom is -0.311 e. The monoisotopic (exact) mass is 369 g/mol. The number of hydrogen-bond donors (Lipinski definition) is 1. The van der Waals surface area contributed by atoms with Gasteiger partial charge >= 0.3 is 0 Å². The maximum absolute atomic E-state index is 12.0. The van der Waals surface area contributed by atoms with Gasteiger partial charge in [0.25, 0.3) is 0 Å². The van der Waals surface area contributed by atoms with E-state index >= 15 is 0 Å². The summed E-state index contributed by atoms with van der Waals surface area (Å²) < 4.78 is 0. The molecule has 1 N–H and O–H groups in total. The Morgan fingerprint density at radius 2 is 1.46 bits per heavy atom. The van der Waals surface area contributed by atoms with E-state index in [2.05, 4.69) is 15.3 Å². The summed E-state index contributed by atoms with van der Waals surface area (Å²) in [5.41, 5.74) is 2.88. The number of amides is 1. The molecule has 28 heavy (non-hydrogen) atoms. The number of hydrogen-bond acceptors (Lipinski definition) is 3. The average molecular weight is 369 g/mol. The first kappa shape index (κ1) is 19.2. The van der Waals surface area contributed by atoms with Crippen LogP contribution in [-0.4, -0.2) is 15.9 Å². The normalized spacial score (nSPS) is 11.2. The lowest BCUT2D eigenvalue weighted by atomic mass is 10.2. The Hall–Kier alpha value is -3.53. The van der Waals surface area contributed by atoms with Gasteiger partial charge in [-0.1, -0.05) is 79.7 Å². The highest BCUT2D eigenvalue weighted by Crippen LogP contribution is 2.14. The average Bonchev–Trinajstić information content (AvgIpc) is 2.72. The SMILES string of the molecule is CCCC(=O)Nc1cc(/C=C/c2ccccc2)nc(/C=C/c2ccccc2)n1. The molecule has 3 aromatic rings. The van der Waals surface area contributed by atoms with Gasteiger partial charge in [0.1, 0.15) is 5.82 Å². The molecule has 0 spiro atoms. The summed E-state index contributed by atoms with van der Waals surface area (Å²) in [6.45, 7) is 1.97. The zero-order chi connectivity index (χ0) is 19.6. The van der Waals surface area contributed by atoms with E-state index in [1.54, 1.807) is 6.07 Å². The lowest BCUT2D eigenvalue weighted by molar-refractivity contribution is -0.116. The van der Waals surface area contributed by atoms with Crippen LogP contribution in [0, 0.1) is 0 Å². The van der Waals surface area contributed by atoms with Crippen LogP contribution in [0.3, 0.4) is 0 Å². The van der Waals surface area contributed by atoms with Gasteiger partial charge in [0, 0.05) is 12.5 Å². The molecule has 0 saturated heterocycles. The number of nitrogens with zero attached hydrogens (tertiary/aromatic N) is 2. The van der Waals surface area contributed by atoms with Crippen LogP contribution in [0.15, 0.2) is 66.7 Å². The molecular weight excluding hydrogens is 346 g/mol. The Morgan fingerprint density at radius 3 is 2.07 bits per heavy atom. The molecule has 4 nitrogen and oxygen atoms in total. The van der Waals surface area contributed by atoms with Crippen LogP contribution in [0.25, 0.3) is 24.3 Å². The fourth-order valence-corrected chi connectivity index (χ4v) is 2.62. The van der Waals surface area contributed by atoms with Crippen LogP contribution >= 0.6 is 0 Å². The third-order valence-corrected chi connectivity index (χ3v) is 3.98. The Bertz CT molecular complexity index is 896. The zero-order valence-electron chi connectivity index (χ0n) is 15.9. The van der Waals surface area contributed by atoms with Crippen LogP contribution < -0.4 is 5.32 Å². The van der Waals surface area contributed by atoms with Crippen molar-refractivity contribution in [2.45, 2.75) is 19.8 Å². The summed E-state index contributed by atoms with van der Waals surface area (Å²) >= 11 is 0. The van der Waals surface area contributed by atoms with Crippen molar-refractivity contribution in [1.29, 1.82) is 0 Å². The molecule has 1 heterocycles. The molecule has 0 aliphatic rings. The van der Waals surface area contributed by atoms with E-state index in [-0.39, 0.29) is 5.91 Å². The molecule has 0 saturated carbocycles. The molecule has 1 amide bonds. The van der Waals surface area contributed by atoms with Gasteiger partial charge in [-0.2, -0.15) is 0 Å². The number of benzene rings is 2. The molecule has 1 aromatic heterocycles. The van der Waals surface area contributed by atoms with E-state index < -0.39 is 0 Å². The number of rotatable bonds is 7. The highest BCUT2D eigenvalue weighted by molar-refractivity contribution is 5.90. The number of carbonyl (C=O) groups is 1. The molecule has 2 aromatic carbocycles. The summed E-state index contributed by atoms with van der Waals surface area (Å²) in [5.74, 6) is 1.01. The Balaban J connectivity index is 1.88. The molecule has 0 radical (unpaired) electrons. The Kier molecular flexibility index (Phi) is 6.85. The molecule has 140 valence electrons. The summed E-state index contributed by atoms with van der Waals surface area (Å²) in [7, 11) is 0. The Morgan fingerprint density at radius 1 is 0.857 bits per heavy atom. The standard InChI is InChI=1S/C24H23N3O/c1-2-9-24(28)27-23-18-21(16-14-19-10-5-3-6-11-19)25-22(26-23)17-15-20-12-7-4-8-13-20/h3-8,10-18H,2,9H2,1H3,(H,25,26,27,28)/b16-14+,17-15+. The third-order valence-electron chi connectivity index (χ3n) is 3.98. The molecule has 0 bridgehead atoms. The molecule has 3 rings (SSSR count). The molecule has 4 heteroatoms. The van der Waals surface area contributed by atoms with Crippen LogP contribution in [-0.2, 0) is 4.79 Å². The summed E-state index contributed by atoms with van der Waals surface area (Å²) in [6.07, 6.45) is 8.98. The van der Waals surface area contributed by atoms with E-state index in [0.29, 0.717) is 18.1 Å². The molecular formula is C24H23N3O. The first-order valence-corrected chi connectivity index (χ1v) is 9.38. The van der Waals surface area contributed by atoms with Crippen LogP contribution in [0.4, 0.5) is 5.82 Å². The van der Waals surface area contributed by atoms with Crippen molar-refractivity contribution in [1.82, 2.24) is 9.97 Å². The van der Waals surface area contributed by atoms with Gasteiger partial charge < -0.3 is 5.32 Å². The predicted octanol–water partition coefficient (Wildman–Crippen LogP) is 5.56. The van der Waals surface area contributed by atoms with Crippen molar-refractivity contribution in [2.24, 2.45) is 0 Å². The fraction of sp³-hybridized carbons (Fsp3) is 0.125. The van der Waals surface area contributed by atoms with Gasteiger partial charge in [-0.3, -0.25) is 4.79 Å². The molecule has 0 unspecified atom stereocenters. The topological polar surface area (TPSA) is 54.9 Å². The van der Waals surface area contributed by atoms with E-state index in [9.17, 15) is 4.79 Å². The second-order valence-corrected chi connectivity index (χ2v) is 6.32. The van der Waals surface area contributed by atoms with E-state index in [4.69, 9.17) is 0 Å². The molecule has 0 aliphatic carbocycles. The number of aromatic nitrogens is 2. The third kappa shape index (κ3) is 6.02. The van der Waals surface area contributed by atoms with Gasteiger partial charge in [0.05, 0.1) is 5.69 Å². The summed E-state index contributed by atoms with van der Waals surface area (Å²) in [6, 6.07) is 21.8. The van der Waals surface area contributed by atoms with E-state index in [0.717, 1.165) is 23.2 Å². The largest absolute Gasteiger partial charge is 0.311 e. The zero-order valence-corrected chi connectivity index (χ0v) is 15.9. The molecule has 0 fully saturated rings. The lowest BCUT2D eigenvalue weighted by Crippen LogP contribution is -2.12. The van der Waals surface area contributed by atoms with Crippen LogP contribution in [0.1, 0.15) is 42.4 Å². The first-order chi connectivity index (χ1) is 13.7. The van der Waals surface area contributed by atoms with Crippen LogP contribution in [0.2, 0.25) is 0 Å². The second-order valence-electron chi connectivity index (χ2n) is 6.32. The molecule has 0 atom stereocenters. The van der Waals surface area contributed by atoms with E-state index in [1.165, 1.54) is 0 Å². The van der Waals surface area contributed by atoms with Gasteiger partial charge in [-0.25, -0.2) is 9.97 Å². The van der Waals surface area contributed by atoms with Crippen molar-refractivity contribution in [3.63, 3.8) is 0 Å². The lowest BCUT2D eigenvalue weighted by Gasteiger charge is -2.06. The van der Waals surface area contributed by atoms with Gasteiger partial charge in [-0.15, -0.1) is 0 Å². The predicted molar refractivity (Wildman–Crippen MR) is 116 cm³/mol.